The quantitative estimate of drug-likeness (QED) is 0.134. The molecule has 1 aromatic heterocycles. The van der Waals surface area contributed by atoms with Crippen molar-refractivity contribution < 1.29 is 4.42 Å². The fraction of sp³-hybridized carbons (Fsp3) is 0.0213. The molecule has 48 heavy (non-hydrogen) atoms. The molecule has 9 rings (SSSR count). The third-order valence-corrected chi connectivity index (χ3v) is 9.53. The van der Waals surface area contributed by atoms with E-state index in [-0.39, 0.29) is 0 Å². The first kappa shape index (κ1) is 28.1. The standard InChI is InChI=1S/C47H32O/c1-3-11-32(12-4-1)29-39(37-25-23-35(24-26-37)34-13-5-2-6-14-34)30-33-19-21-36(22-20-33)38-27-28-44-45(31-38)48-47-43-18-10-8-16-41(43)40-15-7-9-17-42(40)46(44)47/h1-29,31H,30H2/b39-29-. The average molecular weight is 613 g/mol. The highest BCUT2D eigenvalue weighted by atomic mass is 16.3. The van der Waals surface area contributed by atoms with Crippen LogP contribution in [0.4, 0.5) is 0 Å². The molecule has 1 nitrogen and oxygen atoms in total. The van der Waals surface area contributed by atoms with Crippen molar-refractivity contribution in [3.63, 3.8) is 0 Å². The van der Waals surface area contributed by atoms with Crippen LogP contribution < -0.4 is 0 Å². The molecule has 9 aromatic rings. The van der Waals surface area contributed by atoms with E-state index in [0.29, 0.717) is 0 Å². The molecule has 0 aliphatic heterocycles. The minimum atomic E-state index is 0.836. The van der Waals surface area contributed by atoms with Gasteiger partial charge in [-0.15, -0.1) is 0 Å². The molecule has 0 saturated carbocycles. The van der Waals surface area contributed by atoms with Crippen molar-refractivity contribution in [2.45, 2.75) is 6.42 Å². The van der Waals surface area contributed by atoms with Gasteiger partial charge in [-0.2, -0.15) is 0 Å². The van der Waals surface area contributed by atoms with Gasteiger partial charge in [-0.05, 0) is 79.2 Å². The largest absolute Gasteiger partial charge is 0.455 e. The van der Waals surface area contributed by atoms with E-state index in [2.05, 4.69) is 182 Å². The van der Waals surface area contributed by atoms with Crippen LogP contribution in [-0.2, 0) is 6.42 Å². The molecule has 0 spiro atoms. The molecule has 1 heteroatoms. The number of allylic oxidation sites excluding steroid dienone is 1. The molecular weight excluding hydrogens is 581 g/mol. The van der Waals surface area contributed by atoms with Crippen LogP contribution in [0.1, 0.15) is 16.7 Å². The van der Waals surface area contributed by atoms with Gasteiger partial charge in [0.15, 0.2) is 0 Å². The van der Waals surface area contributed by atoms with E-state index in [9.17, 15) is 0 Å². The first-order chi connectivity index (χ1) is 23.8. The fourth-order valence-electron chi connectivity index (χ4n) is 7.11. The summed E-state index contributed by atoms with van der Waals surface area (Å²) < 4.78 is 6.65. The lowest BCUT2D eigenvalue weighted by molar-refractivity contribution is 0.673. The van der Waals surface area contributed by atoms with E-state index >= 15 is 0 Å². The van der Waals surface area contributed by atoms with Gasteiger partial charge < -0.3 is 4.42 Å². The first-order valence-corrected chi connectivity index (χ1v) is 16.5. The number of rotatable bonds is 6. The number of hydrogen-bond donors (Lipinski definition) is 0. The second kappa shape index (κ2) is 11.9. The maximum absolute atomic E-state index is 6.65. The van der Waals surface area contributed by atoms with Gasteiger partial charge in [0, 0.05) is 16.2 Å². The molecule has 0 radical (unpaired) electrons. The van der Waals surface area contributed by atoms with E-state index in [0.717, 1.165) is 33.9 Å². The molecule has 0 fully saturated rings. The van der Waals surface area contributed by atoms with Crippen molar-refractivity contribution in [2.24, 2.45) is 0 Å². The summed E-state index contributed by atoms with van der Waals surface area (Å²) in [5, 5.41) is 7.22. The molecule has 0 aliphatic rings. The number of hydrogen-bond acceptors (Lipinski definition) is 1. The number of fused-ring (bicyclic) bond motifs is 8. The van der Waals surface area contributed by atoms with Crippen molar-refractivity contribution in [2.75, 3.05) is 0 Å². The van der Waals surface area contributed by atoms with Gasteiger partial charge in [-0.1, -0.05) is 170 Å². The maximum atomic E-state index is 6.65. The Kier molecular flexibility index (Phi) is 6.95. The van der Waals surface area contributed by atoms with E-state index < -0.39 is 0 Å². The summed E-state index contributed by atoms with van der Waals surface area (Å²) in [5.41, 5.74) is 11.7. The predicted molar refractivity (Wildman–Crippen MR) is 204 cm³/mol. The van der Waals surface area contributed by atoms with Crippen molar-refractivity contribution in [3.05, 3.63) is 193 Å². The van der Waals surface area contributed by atoms with Gasteiger partial charge >= 0.3 is 0 Å². The number of benzene rings is 8. The highest BCUT2D eigenvalue weighted by Crippen LogP contribution is 2.41. The predicted octanol–water partition coefficient (Wildman–Crippen LogP) is 13.0. The summed E-state index contributed by atoms with van der Waals surface area (Å²) >= 11 is 0. The lowest BCUT2D eigenvalue weighted by Gasteiger charge is -2.11. The zero-order valence-corrected chi connectivity index (χ0v) is 26.4. The topological polar surface area (TPSA) is 13.1 Å². The van der Waals surface area contributed by atoms with Gasteiger partial charge in [-0.25, -0.2) is 0 Å². The van der Waals surface area contributed by atoms with E-state index in [1.807, 2.05) is 0 Å². The normalized spacial score (nSPS) is 12.0. The molecule has 0 saturated heterocycles. The maximum Gasteiger partial charge on any atom is 0.143 e. The van der Waals surface area contributed by atoms with Crippen LogP contribution in [0.3, 0.4) is 0 Å². The first-order valence-electron chi connectivity index (χ1n) is 16.5. The van der Waals surface area contributed by atoms with Crippen LogP contribution >= 0.6 is 0 Å². The zero-order valence-electron chi connectivity index (χ0n) is 26.4. The molecular formula is C47H32O. The van der Waals surface area contributed by atoms with Gasteiger partial charge in [0.25, 0.3) is 0 Å². The zero-order chi connectivity index (χ0) is 31.9. The second-order valence-corrected chi connectivity index (χ2v) is 12.5. The molecule has 0 bridgehead atoms. The van der Waals surface area contributed by atoms with Crippen molar-refractivity contribution in [1.29, 1.82) is 0 Å². The van der Waals surface area contributed by atoms with Gasteiger partial charge in [0.1, 0.15) is 11.2 Å². The molecule has 226 valence electrons. The van der Waals surface area contributed by atoms with E-state index in [4.69, 9.17) is 4.42 Å². The summed E-state index contributed by atoms with van der Waals surface area (Å²) in [6.45, 7) is 0. The Labute approximate surface area is 280 Å². The highest BCUT2D eigenvalue weighted by Gasteiger charge is 2.16. The fourth-order valence-corrected chi connectivity index (χ4v) is 7.11. The molecule has 8 aromatic carbocycles. The third-order valence-electron chi connectivity index (χ3n) is 9.53. The number of furan rings is 1. The molecule has 0 N–H and O–H groups in total. The highest BCUT2D eigenvalue weighted by molar-refractivity contribution is 6.30. The minimum Gasteiger partial charge on any atom is -0.455 e. The Morgan fingerprint density at radius 1 is 0.438 bits per heavy atom. The smallest absolute Gasteiger partial charge is 0.143 e. The summed E-state index contributed by atoms with van der Waals surface area (Å²) in [4.78, 5) is 0. The Morgan fingerprint density at radius 2 is 0.979 bits per heavy atom. The second-order valence-electron chi connectivity index (χ2n) is 12.5. The van der Waals surface area contributed by atoms with E-state index in [1.165, 1.54) is 60.5 Å². The van der Waals surface area contributed by atoms with Gasteiger partial charge in [0.05, 0.1) is 0 Å². The molecule has 0 amide bonds. The van der Waals surface area contributed by atoms with Crippen LogP contribution in [0, 0.1) is 0 Å². The summed E-state index contributed by atoms with van der Waals surface area (Å²) in [6, 6.07) is 63.0. The van der Waals surface area contributed by atoms with Crippen LogP contribution in [0.5, 0.6) is 0 Å². The van der Waals surface area contributed by atoms with Crippen LogP contribution in [0.15, 0.2) is 180 Å². The Hall–Kier alpha value is -6.18. The van der Waals surface area contributed by atoms with Crippen LogP contribution in [0.25, 0.3) is 77.4 Å². The lowest BCUT2D eigenvalue weighted by atomic mass is 9.93. The monoisotopic (exact) mass is 612 g/mol. The van der Waals surface area contributed by atoms with Crippen molar-refractivity contribution in [1.82, 2.24) is 0 Å². The molecule has 0 aliphatic carbocycles. The SMILES string of the molecule is C(=C(\Cc1ccc(-c2ccc3c(c2)oc2c4ccccc4c4ccccc4c32)cc1)c1ccc(-c2ccccc2)cc1)/c1ccccc1. The third kappa shape index (κ3) is 5.07. The molecule has 0 unspecified atom stereocenters. The lowest BCUT2D eigenvalue weighted by Crippen LogP contribution is -1.92. The Morgan fingerprint density at radius 3 is 1.71 bits per heavy atom. The average Bonchev–Trinajstić information content (AvgIpc) is 3.55. The van der Waals surface area contributed by atoms with Gasteiger partial charge in [0.2, 0.25) is 0 Å². The summed E-state index contributed by atoms with van der Waals surface area (Å²) in [5.74, 6) is 0. The van der Waals surface area contributed by atoms with Crippen LogP contribution in [0.2, 0.25) is 0 Å². The van der Waals surface area contributed by atoms with Crippen molar-refractivity contribution >= 4 is 55.1 Å². The minimum absolute atomic E-state index is 0.836. The van der Waals surface area contributed by atoms with Crippen LogP contribution in [-0.4, -0.2) is 0 Å². The Balaban J connectivity index is 1.06. The Bertz CT molecular complexity index is 2590. The van der Waals surface area contributed by atoms with Crippen molar-refractivity contribution in [3.8, 4) is 22.3 Å². The molecule has 1 heterocycles. The van der Waals surface area contributed by atoms with Gasteiger partial charge in [-0.3, -0.25) is 0 Å². The molecule has 0 atom stereocenters. The summed E-state index contributed by atoms with van der Waals surface area (Å²) in [6.07, 6.45) is 3.15. The summed E-state index contributed by atoms with van der Waals surface area (Å²) in [7, 11) is 0. The van der Waals surface area contributed by atoms with E-state index in [1.54, 1.807) is 0 Å².